The van der Waals surface area contributed by atoms with E-state index in [1.165, 1.54) is 135 Å². The summed E-state index contributed by atoms with van der Waals surface area (Å²) in [5, 5.41) is 0. The van der Waals surface area contributed by atoms with Crippen molar-refractivity contribution in [3.8, 4) is 0 Å². The lowest BCUT2D eigenvalue weighted by molar-refractivity contribution is -0.167. The highest BCUT2D eigenvalue weighted by molar-refractivity contribution is 5.71. The maximum atomic E-state index is 12.8. The molecule has 0 bridgehead atoms. The molecule has 0 heterocycles. The number of unbranched alkanes of at least 4 members (excludes halogenated alkanes) is 30. The Balaban J connectivity index is 4.38. The van der Waals surface area contributed by atoms with Gasteiger partial charge in [0.15, 0.2) is 6.10 Å². The average Bonchev–Trinajstić information content (AvgIpc) is 3.33. The second-order valence-electron chi connectivity index (χ2n) is 18.9. The zero-order valence-electron chi connectivity index (χ0n) is 44.2. The Morgan fingerprint density at radius 2 is 0.657 bits per heavy atom. The molecule has 6 heteroatoms. The lowest BCUT2D eigenvalue weighted by Crippen LogP contribution is -2.30. The molecule has 6 nitrogen and oxygen atoms in total. The predicted molar refractivity (Wildman–Crippen MR) is 288 cm³/mol. The summed E-state index contributed by atoms with van der Waals surface area (Å²) in [6.07, 6.45) is 70.3. The van der Waals surface area contributed by atoms with Gasteiger partial charge >= 0.3 is 17.9 Å². The molecule has 0 aliphatic carbocycles. The minimum Gasteiger partial charge on any atom is -0.462 e. The number of hydrogen-bond acceptors (Lipinski definition) is 6. The third-order valence-electron chi connectivity index (χ3n) is 12.3. The second-order valence-corrected chi connectivity index (χ2v) is 18.9. The molecule has 67 heavy (non-hydrogen) atoms. The zero-order valence-corrected chi connectivity index (χ0v) is 44.2. The fourth-order valence-electron chi connectivity index (χ4n) is 8.05. The van der Waals surface area contributed by atoms with E-state index >= 15 is 0 Å². The fourth-order valence-corrected chi connectivity index (χ4v) is 8.05. The highest BCUT2D eigenvalue weighted by atomic mass is 16.6. The second kappa shape index (κ2) is 55.4. The number of carbonyl (C=O) groups excluding carboxylic acids is 3. The van der Waals surface area contributed by atoms with Gasteiger partial charge in [-0.15, -0.1) is 0 Å². The first-order valence-electron chi connectivity index (χ1n) is 28.5. The number of allylic oxidation sites excluding steroid dienone is 12. The number of hydrogen-bond donors (Lipinski definition) is 0. The van der Waals surface area contributed by atoms with Crippen LogP contribution in [0.25, 0.3) is 0 Å². The van der Waals surface area contributed by atoms with Crippen LogP contribution in [0.5, 0.6) is 0 Å². The van der Waals surface area contributed by atoms with Crippen LogP contribution < -0.4 is 0 Å². The van der Waals surface area contributed by atoms with Crippen molar-refractivity contribution in [3.05, 3.63) is 72.9 Å². The van der Waals surface area contributed by atoms with E-state index in [0.717, 1.165) is 103 Å². The van der Waals surface area contributed by atoms with Crippen molar-refractivity contribution in [2.24, 2.45) is 0 Å². The van der Waals surface area contributed by atoms with Gasteiger partial charge in [0.25, 0.3) is 0 Å². The highest BCUT2D eigenvalue weighted by Gasteiger charge is 2.19. The summed E-state index contributed by atoms with van der Waals surface area (Å²) < 4.78 is 16.9. The first kappa shape index (κ1) is 63.8. The molecule has 0 aromatic carbocycles. The fraction of sp³-hybridized carbons (Fsp3) is 0.754. The normalized spacial score (nSPS) is 12.6. The van der Waals surface area contributed by atoms with E-state index in [9.17, 15) is 14.4 Å². The molecular weight excluding hydrogens is 829 g/mol. The van der Waals surface area contributed by atoms with Crippen LogP contribution in [0.4, 0.5) is 0 Å². The van der Waals surface area contributed by atoms with Gasteiger partial charge in [-0.3, -0.25) is 14.4 Å². The van der Waals surface area contributed by atoms with E-state index in [-0.39, 0.29) is 31.1 Å². The summed E-state index contributed by atoms with van der Waals surface area (Å²) in [5.74, 6) is -0.899. The standard InChI is InChI=1S/C61H106O6/c1-4-7-10-13-16-19-22-25-28-30-31-34-36-39-42-45-48-51-54-60(63)66-57-58(56-65-59(62)53-50-47-44-41-38-35-32-27-24-21-18-15-12-9-6-3)67-61(64)55-52-49-46-43-40-37-33-29-26-23-20-17-14-11-8-5-2/h8-9,11-12,15,17-18,20-21,24,26,29,58H,4-7,10,13-14,16,19,22-23,25,27-28,30-57H2,1-3H3/b11-8-,12-9-,18-15-,20-17-,24-21-,29-26-. The SMILES string of the molecule is CC\C=C/C=C\C=C/CCCCCCCCCC(=O)OCC(COC(=O)CCCCCCCCCCCCCCCCCCCC)OC(=O)CCCCCCCC/C=C\C/C=C\C/C=C\CC. The van der Waals surface area contributed by atoms with E-state index in [1.807, 2.05) is 0 Å². The molecule has 0 fully saturated rings. The molecule has 386 valence electrons. The van der Waals surface area contributed by atoms with Crippen LogP contribution in [0.1, 0.15) is 278 Å². The monoisotopic (exact) mass is 935 g/mol. The van der Waals surface area contributed by atoms with Gasteiger partial charge in [0.1, 0.15) is 13.2 Å². The molecule has 1 unspecified atom stereocenters. The third-order valence-corrected chi connectivity index (χ3v) is 12.3. The summed E-state index contributed by atoms with van der Waals surface area (Å²) in [4.78, 5) is 38.1. The quantitative estimate of drug-likeness (QED) is 0.0199. The van der Waals surface area contributed by atoms with Crippen LogP contribution in [0.2, 0.25) is 0 Å². The van der Waals surface area contributed by atoms with Crippen LogP contribution >= 0.6 is 0 Å². The van der Waals surface area contributed by atoms with Crippen LogP contribution in [0.15, 0.2) is 72.9 Å². The van der Waals surface area contributed by atoms with Crippen molar-refractivity contribution >= 4 is 17.9 Å². The van der Waals surface area contributed by atoms with Crippen molar-refractivity contribution in [1.82, 2.24) is 0 Å². The average molecular weight is 936 g/mol. The molecule has 0 N–H and O–H groups in total. The summed E-state index contributed by atoms with van der Waals surface area (Å²) in [7, 11) is 0. The minimum atomic E-state index is -0.786. The number of ether oxygens (including phenoxy) is 3. The smallest absolute Gasteiger partial charge is 0.306 e. The van der Waals surface area contributed by atoms with Gasteiger partial charge in [0, 0.05) is 19.3 Å². The molecule has 0 saturated heterocycles. The first-order valence-corrected chi connectivity index (χ1v) is 28.5. The Bertz CT molecular complexity index is 1260. The van der Waals surface area contributed by atoms with E-state index in [1.54, 1.807) is 0 Å². The Hall–Kier alpha value is -3.15. The van der Waals surface area contributed by atoms with Gasteiger partial charge in [0.2, 0.25) is 0 Å². The largest absolute Gasteiger partial charge is 0.462 e. The first-order chi connectivity index (χ1) is 33.0. The van der Waals surface area contributed by atoms with Crippen molar-refractivity contribution in [3.63, 3.8) is 0 Å². The Morgan fingerprint density at radius 1 is 0.328 bits per heavy atom. The van der Waals surface area contributed by atoms with Crippen molar-refractivity contribution in [1.29, 1.82) is 0 Å². The number of esters is 3. The topological polar surface area (TPSA) is 78.9 Å². The molecule has 0 aliphatic heterocycles. The molecule has 0 amide bonds. The van der Waals surface area contributed by atoms with Gasteiger partial charge in [-0.2, -0.15) is 0 Å². The molecule has 0 spiro atoms. The van der Waals surface area contributed by atoms with Crippen LogP contribution in [0.3, 0.4) is 0 Å². The molecule has 0 aromatic heterocycles. The summed E-state index contributed by atoms with van der Waals surface area (Å²) >= 11 is 0. The van der Waals surface area contributed by atoms with Crippen molar-refractivity contribution in [2.75, 3.05) is 13.2 Å². The van der Waals surface area contributed by atoms with Crippen LogP contribution in [0, 0.1) is 0 Å². The molecular formula is C61H106O6. The van der Waals surface area contributed by atoms with Gasteiger partial charge in [-0.25, -0.2) is 0 Å². The maximum Gasteiger partial charge on any atom is 0.306 e. The number of rotatable bonds is 51. The highest BCUT2D eigenvalue weighted by Crippen LogP contribution is 2.16. The Labute approximate surface area is 414 Å². The summed E-state index contributed by atoms with van der Waals surface area (Å²) in [6.45, 7) is 6.41. The third kappa shape index (κ3) is 53.7. The van der Waals surface area contributed by atoms with Gasteiger partial charge < -0.3 is 14.2 Å². The Morgan fingerprint density at radius 3 is 1.07 bits per heavy atom. The van der Waals surface area contributed by atoms with Gasteiger partial charge in [-0.05, 0) is 70.6 Å². The molecule has 0 radical (unpaired) electrons. The number of carbonyl (C=O) groups is 3. The lowest BCUT2D eigenvalue weighted by atomic mass is 10.0. The summed E-state index contributed by atoms with van der Waals surface area (Å²) in [6, 6.07) is 0. The van der Waals surface area contributed by atoms with Crippen molar-refractivity contribution in [2.45, 2.75) is 284 Å². The van der Waals surface area contributed by atoms with E-state index in [2.05, 4.69) is 93.7 Å². The predicted octanol–water partition coefficient (Wildman–Crippen LogP) is 19.0. The molecule has 0 aromatic rings. The van der Waals surface area contributed by atoms with E-state index in [4.69, 9.17) is 14.2 Å². The van der Waals surface area contributed by atoms with Crippen LogP contribution in [-0.4, -0.2) is 37.2 Å². The lowest BCUT2D eigenvalue weighted by Gasteiger charge is -2.18. The Kier molecular flexibility index (Phi) is 52.8. The van der Waals surface area contributed by atoms with Crippen molar-refractivity contribution < 1.29 is 28.6 Å². The molecule has 0 aliphatic rings. The molecule has 0 rings (SSSR count). The molecule has 0 saturated carbocycles. The zero-order chi connectivity index (χ0) is 48.6. The maximum absolute atomic E-state index is 12.8. The summed E-state index contributed by atoms with van der Waals surface area (Å²) in [5.41, 5.74) is 0. The molecule has 1 atom stereocenters. The van der Waals surface area contributed by atoms with E-state index in [0.29, 0.717) is 19.3 Å². The van der Waals surface area contributed by atoms with Gasteiger partial charge in [-0.1, -0.05) is 261 Å². The van der Waals surface area contributed by atoms with Gasteiger partial charge in [0.05, 0.1) is 0 Å². The minimum absolute atomic E-state index is 0.0826. The van der Waals surface area contributed by atoms with E-state index < -0.39 is 6.10 Å². The van der Waals surface area contributed by atoms with Crippen LogP contribution in [-0.2, 0) is 28.6 Å².